The van der Waals surface area contributed by atoms with Crippen LogP contribution < -0.4 is 18.9 Å². The van der Waals surface area contributed by atoms with E-state index in [0.717, 1.165) is 11.1 Å². The molecule has 0 saturated carbocycles. The van der Waals surface area contributed by atoms with Gasteiger partial charge in [0.25, 0.3) is 0 Å². The first-order valence-electron chi connectivity index (χ1n) is 13.4. The van der Waals surface area contributed by atoms with E-state index in [2.05, 4.69) is 0 Å². The lowest BCUT2D eigenvalue weighted by Crippen LogP contribution is -2.30. The summed E-state index contributed by atoms with van der Waals surface area (Å²) in [6.45, 7) is 3.69. The normalized spacial score (nSPS) is 16.6. The smallest absolute Gasteiger partial charge is 0.201 e. The van der Waals surface area contributed by atoms with Gasteiger partial charge in [0.2, 0.25) is 11.6 Å². The van der Waals surface area contributed by atoms with Crippen molar-refractivity contribution >= 4 is 11.6 Å². The number of carbonyl (C=O) groups is 2. The van der Waals surface area contributed by atoms with Crippen molar-refractivity contribution in [1.82, 2.24) is 0 Å². The van der Waals surface area contributed by atoms with Crippen LogP contribution in [0.5, 0.6) is 34.5 Å². The molecule has 2 unspecified atom stereocenters. The first kappa shape index (κ1) is 27.2. The summed E-state index contributed by atoms with van der Waals surface area (Å²) in [6, 6.07) is 13.8. The Balaban J connectivity index is 1.81. The zero-order valence-electron chi connectivity index (χ0n) is 24.1. The van der Waals surface area contributed by atoms with Crippen LogP contribution in [0.2, 0.25) is 0 Å². The van der Waals surface area contributed by atoms with Gasteiger partial charge in [0, 0.05) is 24.0 Å². The molecule has 2 aliphatic rings. The minimum Gasteiger partial charge on any atom is -0.507 e. The van der Waals surface area contributed by atoms with Crippen LogP contribution in [0.15, 0.2) is 48.5 Å². The number of hydrogen-bond donors (Lipinski definition) is 2. The number of fused-ring (bicyclic) bond motifs is 4. The maximum Gasteiger partial charge on any atom is 0.201 e. The van der Waals surface area contributed by atoms with Gasteiger partial charge in [-0.25, -0.2) is 0 Å². The minimum absolute atomic E-state index is 0.147. The van der Waals surface area contributed by atoms with Crippen LogP contribution in [-0.4, -0.2) is 50.2 Å². The maximum atomic E-state index is 14.1. The molecule has 4 aromatic carbocycles. The van der Waals surface area contributed by atoms with Gasteiger partial charge in [-0.3, -0.25) is 9.59 Å². The largest absolute Gasteiger partial charge is 0.507 e. The lowest BCUT2D eigenvalue weighted by Gasteiger charge is -2.39. The number of aromatic hydroxyl groups is 2. The van der Waals surface area contributed by atoms with Gasteiger partial charge in [-0.05, 0) is 71.5 Å². The first-order valence-corrected chi connectivity index (χ1v) is 13.4. The molecule has 8 nitrogen and oxygen atoms in total. The number of benzene rings is 4. The van der Waals surface area contributed by atoms with E-state index in [1.807, 2.05) is 26.0 Å². The average molecular weight is 567 g/mol. The van der Waals surface area contributed by atoms with Crippen LogP contribution >= 0.6 is 0 Å². The number of carbonyl (C=O) groups excluding carboxylic acids is 2. The van der Waals surface area contributed by atoms with Crippen molar-refractivity contribution in [3.63, 3.8) is 0 Å². The van der Waals surface area contributed by atoms with Gasteiger partial charge in [0.15, 0.2) is 0 Å². The maximum absolute atomic E-state index is 14.1. The molecule has 0 bridgehead atoms. The molecule has 0 fully saturated rings. The second-order valence-corrected chi connectivity index (χ2v) is 10.7. The topological polar surface area (TPSA) is 112 Å². The lowest BCUT2D eigenvalue weighted by atomic mass is 9.63. The van der Waals surface area contributed by atoms with Gasteiger partial charge >= 0.3 is 0 Å². The molecule has 0 heterocycles. The van der Waals surface area contributed by atoms with Gasteiger partial charge in [-0.1, -0.05) is 12.1 Å². The molecule has 0 aromatic heterocycles. The Bertz CT molecular complexity index is 1690. The molecule has 0 amide bonds. The summed E-state index contributed by atoms with van der Waals surface area (Å²) in [5, 5.41) is 22.4. The Labute approximate surface area is 243 Å². The molecule has 2 atom stereocenters. The molecule has 214 valence electrons. The number of hydrogen-bond acceptors (Lipinski definition) is 8. The van der Waals surface area contributed by atoms with E-state index < -0.39 is 11.8 Å². The second kappa shape index (κ2) is 9.83. The number of aryl methyl sites for hydroxylation is 2. The third-order valence-corrected chi connectivity index (χ3v) is 8.29. The molecular formula is C34H30O8. The molecule has 0 spiro atoms. The van der Waals surface area contributed by atoms with E-state index in [0.29, 0.717) is 56.4 Å². The second-order valence-electron chi connectivity index (χ2n) is 10.7. The Hall–Kier alpha value is -4.98. The van der Waals surface area contributed by atoms with Crippen molar-refractivity contribution in [2.24, 2.45) is 0 Å². The molecule has 6 rings (SSSR count). The number of methoxy groups -OCH3 is 4. The molecule has 2 N–H and O–H groups in total. The summed E-state index contributed by atoms with van der Waals surface area (Å²) >= 11 is 0. The number of phenolic OH excluding ortho intramolecular Hbond substituents is 2. The Morgan fingerprint density at radius 2 is 0.857 bits per heavy atom. The Morgan fingerprint density at radius 1 is 0.500 bits per heavy atom. The molecule has 0 aliphatic heterocycles. The van der Waals surface area contributed by atoms with Crippen molar-refractivity contribution in [3.05, 3.63) is 104 Å². The number of ketones is 2. The van der Waals surface area contributed by atoms with Gasteiger partial charge < -0.3 is 29.2 Å². The monoisotopic (exact) mass is 566 g/mol. The van der Waals surface area contributed by atoms with E-state index in [1.165, 1.54) is 28.4 Å². The van der Waals surface area contributed by atoms with E-state index in [1.54, 1.807) is 36.4 Å². The van der Waals surface area contributed by atoms with Crippen molar-refractivity contribution in [3.8, 4) is 34.5 Å². The predicted octanol–water partition coefficient (Wildman–Crippen LogP) is 5.80. The molecule has 0 saturated heterocycles. The molecule has 8 heteroatoms. The fourth-order valence-electron chi connectivity index (χ4n) is 6.63. The van der Waals surface area contributed by atoms with Crippen LogP contribution in [0.25, 0.3) is 0 Å². The van der Waals surface area contributed by atoms with Crippen LogP contribution in [0.4, 0.5) is 0 Å². The van der Waals surface area contributed by atoms with Gasteiger partial charge in [-0.15, -0.1) is 0 Å². The highest BCUT2D eigenvalue weighted by Crippen LogP contribution is 2.57. The van der Waals surface area contributed by atoms with E-state index in [4.69, 9.17) is 18.9 Å². The van der Waals surface area contributed by atoms with Crippen molar-refractivity contribution < 1.29 is 38.7 Å². The van der Waals surface area contributed by atoms with Crippen LogP contribution in [0.3, 0.4) is 0 Å². The van der Waals surface area contributed by atoms with Crippen LogP contribution in [-0.2, 0) is 0 Å². The minimum atomic E-state index is -0.619. The number of ether oxygens (including phenoxy) is 4. The zero-order chi connectivity index (χ0) is 30.0. The van der Waals surface area contributed by atoms with Gasteiger partial charge in [0.1, 0.15) is 34.5 Å². The van der Waals surface area contributed by atoms with E-state index >= 15 is 0 Å². The molecule has 42 heavy (non-hydrogen) atoms. The van der Waals surface area contributed by atoms with E-state index in [-0.39, 0.29) is 34.2 Å². The highest BCUT2D eigenvalue weighted by molar-refractivity contribution is 6.18. The quantitative estimate of drug-likeness (QED) is 0.312. The summed E-state index contributed by atoms with van der Waals surface area (Å²) in [4.78, 5) is 28.2. The van der Waals surface area contributed by atoms with Gasteiger partial charge in [-0.2, -0.15) is 0 Å². The fraction of sp³-hybridized carbons (Fsp3) is 0.235. The molecule has 0 radical (unpaired) electrons. The molecule has 2 aliphatic carbocycles. The third-order valence-electron chi connectivity index (χ3n) is 8.29. The Morgan fingerprint density at radius 3 is 1.19 bits per heavy atom. The van der Waals surface area contributed by atoms with E-state index in [9.17, 15) is 19.8 Å². The first-order chi connectivity index (χ1) is 20.1. The summed E-state index contributed by atoms with van der Waals surface area (Å²) in [5.74, 6) is -0.737. The predicted molar refractivity (Wildman–Crippen MR) is 155 cm³/mol. The number of rotatable bonds is 5. The van der Waals surface area contributed by atoms with Crippen molar-refractivity contribution in [1.29, 1.82) is 0 Å². The summed E-state index contributed by atoms with van der Waals surface area (Å²) in [6.07, 6.45) is 0. The highest BCUT2D eigenvalue weighted by atomic mass is 16.5. The van der Waals surface area contributed by atoms with Crippen LogP contribution in [0, 0.1) is 13.8 Å². The zero-order valence-corrected chi connectivity index (χ0v) is 24.1. The summed E-state index contributed by atoms with van der Waals surface area (Å²) in [5.41, 5.74) is 4.79. The average Bonchev–Trinajstić information content (AvgIpc) is 2.96. The van der Waals surface area contributed by atoms with Crippen molar-refractivity contribution in [2.45, 2.75) is 25.7 Å². The Kier molecular flexibility index (Phi) is 6.37. The third kappa shape index (κ3) is 3.82. The molecular weight excluding hydrogens is 536 g/mol. The van der Waals surface area contributed by atoms with Crippen molar-refractivity contribution in [2.75, 3.05) is 28.4 Å². The SMILES string of the molecule is COc1cc(OC)c2c(c1)C(C1c3cc(C)cc(O)c3C(=O)c3c(OC)cc(OC)cc31)c1cc(C)cc(O)c1C2=O. The highest BCUT2D eigenvalue weighted by Gasteiger charge is 2.46. The summed E-state index contributed by atoms with van der Waals surface area (Å²) in [7, 11) is 6.02. The summed E-state index contributed by atoms with van der Waals surface area (Å²) < 4.78 is 22.6. The fourth-order valence-corrected chi connectivity index (χ4v) is 6.63. The number of phenols is 2. The standard InChI is InChI=1S/C34H30O8/c1-15-7-19-27(21-11-17(39-3)13-25(41-5)31(21)33(37)29(19)23(35)9-15)28-20-8-16(2)10-24(36)30(20)34(38)32-22(28)12-18(40-4)14-26(32)42-6/h7-14,27-28,35-36H,1-6H3. The lowest BCUT2D eigenvalue weighted by molar-refractivity contribution is 0.101. The van der Waals surface area contributed by atoms with Gasteiger partial charge in [0.05, 0.1) is 50.7 Å². The van der Waals surface area contributed by atoms with Crippen LogP contribution in [0.1, 0.15) is 77.1 Å². The molecule has 4 aromatic rings.